The highest BCUT2D eigenvalue weighted by Gasteiger charge is 2.41. The Hall–Kier alpha value is -2.21. The molecule has 1 amide bonds. The molecule has 0 radical (unpaired) electrons. The van der Waals surface area contributed by atoms with Crippen LogP contribution in [0.5, 0.6) is 0 Å². The molecule has 0 spiro atoms. The molecule has 1 N–H and O–H groups in total. The molecule has 6 nitrogen and oxygen atoms in total. The van der Waals surface area contributed by atoms with E-state index in [-0.39, 0.29) is 5.91 Å². The number of likely N-dealkylation sites (tertiary alicyclic amines) is 1. The van der Waals surface area contributed by atoms with Gasteiger partial charge in [0.1, 0.15) is 5.82 Å². The van der Waals surface area contributed by atoms with Crippen LogP contribution in [-0.2, 0) is 13.1 Å². The van der Waals surface area contributed by atoms with Gasteiger partial charge in [0.05, 0.1) is 0 Å². The lowest BCUT2D eigenvalue weighted by Crippen LogP contribution is -2.31. The lowest BCUT2D eigenvalue weighted by molar-refractivity contribution is 0.0934. The molecule has 148 valence electrons. The van der Waals surface area contributed by atoms with Gasteiger partial charge in [0.25, 0.3) is 5.91 Å². The molecule has 6 heteroatoms. The molecule has 1 aromatic carbocycles. The van der Waals surface area contributed by atoms with Crippen molar-refractivity contribution in [3.05, 3.63) is 47.0 Å². The monoisotopic (exact) mass is 379 g/mol. The van der Waals surface area contributed by atoms with Crippen LogP contribution in [0.1, 0.15) is 72.5 Å². The SMILES string of the molecule is CC(C)c1ccc(CN2CC3CCn4c(C(=O)NC5CC5)nnc4C3C2)cc1. The van der Waals surface area contributed by atoms with E-state index in [2.05, 4.69) is 63.1 Å². The summed E-state index contributed by atoms with van der Waals surface area (Å²) in [6, 6.07) is 9.38. The molecule has 2 unspecified atom stereocenters. The van der Waals surface area contributed by atoms with Crippen molar-refractivity contribution in [2.24, 2.45) is 5.92 Å². The van der Waals surface area contributed by atoms with Crippen molar-refractivity contribution in [1.29, 1.82) is 0 Å². The lowest BCUT2D eigenvalue weighted by Gasteiger charge is -2.25. The van der Waals surface area contributed by atoms with Gasteiger partial charge < -0.3 is 9.88 Å². The van der Waals surface area contributed by atoms with E-state index in [4.69, 9.17) is 0 Å². The molecule has 1 saturated carbocycles. The normalized spacial score (nSPS) is 24.2. The number of hydrogen-bond acceptors (Lipinski definition) is 4. The summed E-state index contributed by atoms with van der Waals surface area (Å²) < 4.78 is 2.07. The van der Waals surface area contributed by atoms with E-state index in [9.17, 15) is 4.79 Å². The Morgan fingerprint density at radius 1 is 1.14 bits per heavy atom. The minimum Gasteiger partial charge on any atom is -0.347 e. The zero-order valence-electron chi connectivity index (χ0n) is 16.8. The third-order valence-electron chi connectivity index (χ3n) is 6.52. The van der Waals surface area contributed by atoms with E-state index in [0.717, 1.165) is 51.3 Å². The maximum absolute atomic E-state index is 12.5. The van der Waals surface area contributed by atoms with Gasteiger partial charge in [-0.2, -0.15) is 0 Å². The van der Waals surface area contributed by atoms with E-state index in [1.54, 1.807) is 0 Å². The van der Waals surface area contributed by atoms with Crippen molar-refractivity contribution >= 4 is 5.91 Å². The van der Waals surface area contributed by atoms with E-state index in [0.29, 0.717) is 29.6 Å². The summed E-state index contributed by atoms with van der Waals surface area (Å²) in [6.07, 6.45) is 3.28. The van der Waals surface area contributed by atoms with Crippen LogP contribution < -0.4 is 5.32 Å². The first-order chi connectivity index (χ1) is 13.6. The molecule has 3 aliphatic rings. The predicted octanol–water partition coefficient (Wildman–Crippen LogP) is 2.91. The molecule has 28 heavy (non-hydrogen) atoms. The van der Waals surface area contributed by atoms with Gasteiger partial charge >= 0.3 is 0 Å². The Morgan fingerprint density at radius 2 is 1.93 bits per heavy atom. The minimum atomic E-state index is -0.0557. The number of nitrogens with zero attached hydrogens (tertiary/aromatic N) is 4. The van der Waals surface area contributed by atoms with Crippen LogP contribution in [0.15, 0.2) is 24.3 Å². The summed E-state index contributed by atoms with van der Waals surface area (Å²) in [7, 11) is 0. The fraction of sp³-hybridized carbons (Fsp3) is 0.591. The van der Waals surface area contributed by atoms with Crippen LogP contribution in [0.4, 0.5) is 0 Å². The van der Waals surface area contributed by atoms with Gasteiger partial charge in [-0.3, -0.25) is 9.69 Å². The molecule has 2 atom stereocenters. The summed E-state index contributed by atoms with van der Waals surface area (Å²) in [5.74, 6) is 3.03. The zero-order chi connectivity index (χ0) is 19.3. The smallest absolute Gasteiger partial charge is 0.289 e. The number of benzene rings is 1. The molecule has 1 saturated heterocycles. The zero-order valence-corrected chi connectivity index (χ0v) is 16.8. The maximum atomic E-state index is 12.5. The summed E-state index contributed by atoms with van der Waals surface area (Å²) in [5.41, 5.74) is 2.76. The van der Waals surface area contributed by atoms with Crippen LogP contribution in [0.2, 0.25) is 0 Å². The molecular formula is C22H29N5O. The number of carbonyl (C=O) groups excluding carboxylic acids is 1. The summed E-state index contributed by atoms with van der Waals surface area (Å²) in [4.78, 5) is 15.0. The molecule has 0 bridgehead atoms. The molecule has 2 aliphatic heterocycles. The Labute approximate surface area is 166 Å². The standard InChI is InChI=1S/C22H29N5O/c1-14(2)16-5-3-15(4-6-16)11-26-12-17-9-10-27-20(19(17)13-26)24-25-21(27)22(28)23-18-7-8-18/h3-6,14,17-19H,7-13H2,1-2H3,(H,23,28). The average Bonchev–Trinajstić information content (AvgIpc) is 3.23. The van der Waals surface area contributed by atoms with Crippen LogP contribution in [-0.4, -0.2) is 44.7 Å². The highest BCUT2D eigenvalue weighted by molar-refractivity contribution is 5.91. The van der Waals surface area contributed by atoms with Gasteiger partial charge in [0.15, 0.2) is 0 Å². The fourth-order valence-corrected chi connectivity index (χ4v) is 4.69. The van der Waals surface area contributed by atoms with Gasteiger partial charge in [0.2, 0.25) is 5.82 Å². The van der Waals surface area contributed by atoms with Gasteiger partial charge in [-0.1, -0.05) is 38.1 Å². The van der Waals surface area contributed by atoms with Crippen LogP contribution in [0, 0.1) is 5.92 Å². The Morgan fingerprint density at radius 3 is 2.64 bits per heavy atom. The van der Waals surface area contributed by atoms with Crippen LogP contribution in [0.3, 0.4) is 0 Å². The molecule has 5 rings (SSSR count). The minimum absolute atomic E-state index is 0.0557. The molecule has 1 aromatic heterocycles. The van der Waals surface area contributed by atoms with Gasteiger partial charge in [-0.05, 0) is 42.2 Å². The second-order valence-electron chi connectivity index (χ2n) is 9.03. The predicted molar refractivity (Wildman–Crippen MR) is 107 cm³/mol. The number of amides is 1. The van der Waals surface area contributed by atoms with E-state index in [1.165, 1.54) is 11.1 Å². The lowest BCUT2D eigenvalue weighted by atomic mass is 9.89. The number of rotatable bonds is 5. The Kier molecular flexibility index (Phi) is 4.46. The first kappa shape index (κ1) is 17.9. The van der Waals surface area contributed by atoms with E-state index >= 15 is 0 Å². The van der Waals surface area contributed by atoms with Crippen LogP contribution in [0.25, 0.3) is 0 Å². The largest absolute Gasteiger partial charge is 0.347 e. The first-order valence-electron chi connectivity index (χ1n) is 10.6. The van der Waals surface area contributed by atoms with Crippen molar-refractivity contribution < 1.29 is 4.79 Å². The number of hydrogen-bond donors (Lipinski definition) is 1. The Bertz CT molecular complexity index is 868. The molecule has 3 heterocycles. The summed E-state index contributed by atoms with van der Waals surface area (Å²) in [5, 5.41) is 11.7. The van der Waals surface area contributed by atoms with Crippen molar-refractivity contribution in [3.8, 4) is 0 Å². The topological polar surface area (TPSA) is 63.1 Å². The highest BCUT2D eigenvalue weighted by Crippen LogP contribution is 2.38. The summed E-state index contributed by atoms with van der Waals surface area (Å²) in [6.45, 7) is 8.40. The van der Waals surface area contributed by atoms with Crippen molar-refractivity contribution in [2.75, 3.05) is 13.1 Å². The van der Waals surface area contributed by atoms with Crippen molar-refractivity contribution in [1.82, 2.24) is 25.0 Å². The van der Waals surface area contributed by atoms with E-state index < -0.39 is 0 Å². The van der Waals surface area contributed by atoms with Gasteiger partial charge in [-0.15, -0.1) is 10.2 Å². The van der Waals surface area contributed by atoms with Crippen LogP contribution >= 0.6 is 0 Å². The maximum Gasteiger partial charge on any atom is 0.289 e. The van der Waals surface area contributed by atoms with Crippen molar-refractivity contribution in [2.45, 2.75) is 64.1 Å². The number of aromatic nitrogens is 3. The molecule has 2 aromatic rings. The Balaban J connectivity index is 1.28. The third kappa shape index (κ3) is 3.34. The quantitative estimate of drug-likeness (QED) is 0.868. The fourth-order valence-electron chi connectivity index (χ4n) is 4.69. The van der Waals surface area contributed by atoms with Crippen molar-refractivity contribution in [3.63, 3.8) is 0 Å². The average molecular weight is 380 g/mol. The second-order valence-corrected chi connectivity index (χ2v) is 9.03. The third-order valence-corrected chi connectivity index (χ3v) is 6.52. The first-order valence-corrected chi connectivity index (χ1v) is 10.6. The number of nitrogens with one attached hydrogen (secondary N) is 1. The molecular weight excluding hydrogens is 350 g/mol. The molecule has 1 aliphatic carbocycles. The van der Waals surface area contributed by atoms with Gasteiger partial charge in [-0.25, -0.2) is 0 Å². The summed E-state index contributed by atoms with van der Waals surface area (Å²) >= 11 is 0. The second kappa shape index (κ2) is 6.99. The van der Waals surface area contributed by atoms with E-state index in [1.807, 2.05) is 0 Å². The number of fused-ring (bicyclic) bond motifs is 3. The van der Waals surface area contributed by atoms with Gasteiger partial charge in [0, 0.05) is 38.1 Å². The number of carbonyl (C=O) groups is 1. The highest BCUT2D eigenvalue weighted by atomic mass is 16.2. The molecule has 2 fully saturated rings.